The fraction of sp³-hybridized carbons (Fsp3) is 0.565. The second kappa shape index (κ2) is 9.45. The molecule has 2 aliphatic heterocycles. The third-order valence-electron chi connectivity index (χ3n) is 5.80. The van der Waals surface area contributed by atoms with Crippen LogP contribution in [0.4, 0.5) is 16.4 Å². The lowest BCUT2D eigenvalue weighted by atomic mass is 10.1. The SMILES string of the molecule is CCCN1CCN(C2=Nc3ccccc3Nc3sc(C(C)C)nc32)C[C@@H]1CCOC. The molecule has 162 valence electrons. The molecule has 2 aliphatic rings. The normalized spacial score (nSPS) is 19.2. The van der Waals surface area contributed by atoms with Gasteiger partial charge in [-0.25, -0.2) is 9.98 Å². The smallest absolute Gasteiger partial charge is 0.158 e. The first kappa shape index (κ1) is 21.3. The first-order chi connectivity index (χ1) is 14.6. The number of nitrogens with zero attached hydrogens (tertiary/aromatic N) is 4. The van der Waals surface area contributed by atoms with Crippen LogP contribution < -0.4 is 5.32 Å². The van der Waals surface area contributed by atoms with Crippen molar-refractivity contribution in [2.45, 2.75) is 45.6 Å². The van der Waals surface area contributed by atoms with Crippen LogP contribution in [-0.2, 0) is 4.74 Å². The van der Waals surface area contributed by atoms with E-state index >= 15 is 0 Å². The lowest BCUT2D eigenvalue weighted by molar-refractivity contribution is 0.0806. The van der Waals surface area contributed by atoms with Gasteiger partial charge >= 0.3 is 0 Å². The zero-order chi connectivity index (χ0) is 21.1. The van der Waals surface area contributed by atoms with Gasteiger partial charge in [-0.05, 0) is 31.5 Å². The summed E-state index contributed by atoms with van der Waals surface area (Å²) in [6.07, 6.45) is 2.21. The number of piperazine rings is 1. The average molecular weight is 428 g/mol. The van der Waals surface area contributed by atoms with Crippen LogP contribution in [0.5, 0.6) is 0 Å². The minimum atomic E-state index is 0.399. The Morgan fingerprint density at radius 1 is 1.27 bits per heavy atom. The maximum Gasteiger partial charge on any atom is 0.158 e. The highest BCUT2D eigenvalue weighted by Crippen LogP contribution is 2.39. The van der Waals surface area contributed by atoms with E-state index in [9.17, 15) is 0 Å². The fourth-order valence-corrected chi connectivity index (χ4v) is 5.18. The molecule has 1 aromatic heterocycles. The first-order valence-corrected chi connectivity index (χ1v) is 11.9. The van der Waals surface area contributed by atoms with Gasteiger partial charge in [0.2, 0.25) is 0 Å². The summed E-state index contributed by atoms with van der Waals surface area (Å²) in [5, 5.41) is 5.86. The van der Waals surface area contributed by atoms with Crippen LogP contribution in [0.2, 0.25) is 0 Å². The molecule has 4 rings (SSSR count). The lowest BCUT2D eigenvalue weighted by Crippen LogP contribution is -2.55. The summed E-state index contributed by atoms with van der Waals surface area (Å²) in [5.74, 6) is 1.40. The molecule has 7 heteroatoms. The predicted octanol–water partition coefficient (Wildman–Crippen LogP) is 4.83. The number of thiazole rings is 1. The molecule has 0 radical (unpaired) electrons. The Morgan fingerprint density at radius 2 is 2.10 bits per heavy atom. The van der Waals surface area contributed by atoms with E-state index in [1.807, 2.05) is 0 Å². The second-order valence-electron chi connectivity index (χ2n) is 8.38. The fourth-order valence-electron chi connectivity index (χ4n) is 4.20. The van der Waals surface area contributed by atoms with Crippen LogP contribution in [0.3, 0.4) is 0 Å². The Bertz CT molecular complexity index is 893. The summed E-state index contributed by atoms with van der Waals surface area (Å²) in [6, 6.07) is 8.76. The Labute approximate surface area is 184 Å². The molecule has 0 spiro atoms. The maximum atomic E-state index is 5.41. The van der Waals surface area contributed by atoms with Gasteiger partial charge in [0.15, 0.2) is 5.84 Å². The number of rotatable bonds is 6. The number of hydrogen-bond donors (Lipinski definition) is 1. The minimum Gasteiger partial charge on any atom is -0.385 e. The van der Waals surface area contributed by atoms with Crippen molar-refractivity contribution < 1.29 is 4.74 Å². The molecule has 3 heterocycles. The number of benzene rings is 1. The van der Waals surface area contributed by atoms with Crippen molar-refractivity contribution in [1.82, 2.24) is 14.8 Å². The van der Waals surface area contributed by atoms with Crippen molar-refractivity contribution in [1.29, 1.82) is 0 Å². The number of nitrogens with one attached hydrogen (secondary N) is 1. The second-order valence-corrected chi connectivity index (χ2v) is 9.41. The van der Waals surface area contributed by atoms with Crippen LogP contribution in [0.15, 0.2) is 29.3 Å². The zero-order valence-electron chi connectivity index (χ0n) is 18.5. The van der Waals surface area contributed by atoms with E-state index in [1.54, 1.807) is 18.4 Å². The van der Waals surface area contributed by atoms with Gasteiger partial charge in [0.1, 0.15) is 10.7 Å². The Hall–Kier alpha value is -1.96. The topological polar surface area (TPSA) is 53.0 Å². The molecular formula is C23H33N5OS. The monoisotopic (exact) mass is 427 g/mol. The molecule has 1 fully saturated rings. The standard InChI is InChI=1S/C23H33N5OS/c1-5-11-27-12-13-28(15-17(27)10-14-29-4)21-20-23(30-22(26-20)16(2)3)25-19-9-7-6-8-18(19)24-21/h6-9,16-17,25H,5,10-15H2,1-4H3/t17-/m0/s1. The lowest BCUT2D eigenvalue weighted by Gasteiger charge is -2.42. The number of amidine groups is 1. The molecule has 0 saturated carbocycles. The molecule has 2 aromatic rings. The Balaban J connectivity index is 1.70. The van der Waals surface area contributed by atoms with Crippen molar-refractivity contribution in [3.63, 3.8) is 0 Å². The summed E-state index contributed by atoms with van der Waals surface area (Å²) in [5.41, 5.74) is 3.02. The van der Waals surface area contributed by atoms with Gasteiger partial charge in [-0.2, -0.15) is 0 Å². The number of anilines is 2. The Morgan fingerprint density at radius 3 is 2.87 bits per heavy atom. The quantitative estimate of drug-likeness (QED) is 0.715. The summed E-state index contributed by atoms with van der Waals surface area (Å²) in [7, 11) is 1.79. The van der Waals surface area contributed by atoms with Gasteiger partial charge in [-0.3, -0.25) is 4.90 Å². The molecule has 1 N–H and O–H groups in total. The number of fused-ring (bicyclic) bond motifs is 2. The van der Waals surface area contributed by atoms with Gasteiger partial charge in [0, 0.05) is 45.3 Å². The Kier molecular flexibility index (Phi) is 6.71. The van der Waals surface area contributed by atoms with E-state index in [-0.39, 0.29) is 0 Å². The van der Waals surface area contributed by atoms with Crippen LogP contribution in [-0.4, -0.2) is 66.6 Å². The van der Waals surface area contributed by atoms with Crippen LogP contribution in [0.1, 0.15) is 50.2 Å². The number of methoxy groups -OCH3 is 1. The van der Waals surface area contributed by atoms with Crippen molar-refractivity contribution in [2.75, 3.05) is 45.2 Å². The van der Waals surface area contributed by atoms with E-state index in [2.05, 4.69) is 60.2 Å². The first-order valence-electron chi connectivity index (χ1n) is 11.0. The zero-order valence-corrected chi connectivity index (χ0v) is 19.3. The molecule has 0 bridgehead atoms. The van der Waals surface area contributed by atoms with E-state index in [0.717, 1.165) is 72.1 Å². The largest absolute Gasteiger partial charge is 0.385 e. The van der Waals surface area contributed by atoms with Gasteiger partial charge in [0.05, 0.1) is 16.4 Å². The molecule has 6 nitrogen and oxygen atoms in total. The van der Waals surface area contributed by atoms with Gasteiger partial charge < -0.3 is 15.0 Å². The number of para-hydroxylation sites is 2. The molecule has 30 heavy (non-hydrogen) atoms. The van der Waals surface area contributed by atoms with Gasteiger partial charge in [-0.1, -0.05) is 32.9 Å². The van der Waals surface area contributed by atoms with Gasteiger partial charge in [0.25, 0.3) is 0 Å². The summed E-state index contributed by atoms with van der Waals surface area (Å²) >= 11 is 1.75. The molecule has 0 aliphatic carbocycles. The number of aliphatic imine (C=N–C) groups is 1. The summed E-state index contributed by atoms with van der Waals surface area (Å²) in [4.78, 5) is 15.2. The van der Waals surface area contributed by atoms with Crippen molar-refractivity contribution >= 4 is 33.5 Å². The highest BCUT2D eigenvalue weighted by Gasteiger charge is 2.32. The van der Waals surface area contributed by atoms with E-state index in [1.165, 1.54) is 6.42 Å². The molecule has 1 atom stereocenters. The average Bonchev–Trinajstić information content (AvgIpc) is 3.10. The van der Waals surface area contributed by atoms with Crippen molar-refractivity contribution in [3.8, 4) is 0 Å². The predicted molar refractivity (Wildman–Crippen MR) is 126 cm³/mol. The van der Waals surface area contributed by atoms with Crippen molar-refractivity contribution in [2.24, 2.45) is 4.99 Å². The van der Waals surface area contributed by atoms with E-state index < -0.39 is 0 Å². The number of ether oxygens (including phenoxy) is 1. The molecular weight excluding hydrogens is 394 g/mol. The molecule has 0 unspecified atom stereocenters. The van der Waals surface area contributed by atoms with Crippen molar-refractivity contribution in [3.05, 3.63) is 35.0 Å². The third-order valence-corrected chi connectivity index (χ3v) is 7.07. The summed E-state index contributed by atoms with van der Waals surface area (Å²) in [6.45, 7) is 11.6. The molecule has 1 aromatic carbocycles. The minimum absolute atomic E-state index is 0.399. The highest BCUT2D eigenvalue weighted by molar-refractivity contribution is 7.16. The van der Waals surface area contributed by atoms with Crippen LogP contribution in [0, 0.1) is 0 Å². The highest BCUT2D eigenvalue weighted by atomic mass is 32.1. The number of hydrogen-bond acceptors (Lipinski definition) is 7. The van der Waals surface area contributed by atoms with E-state index in [4.69, 9.17) is 14.7 Å². The molecule has 1 saturated heterocycles. The third kappa shape index (κ3) is 4.38. The van der Waals surface area contributed by atoms with Gasteiger partial charge in [-0.15, -0.1) is 11.3 Å². The van der Waals surface area contributed by atoms with Crippen LogP contribution in [0.25, 0.3) is 0 Å². The van der Waals surface area contributed by atoms with E-state index in [0.29, 0.717) is 12.0 Å². The summed E-state index contributed by atoms with van der Waals surface area (Å²) < 4.78 is 5.41. The number of aromatic nitrogens is 1. The van der Waals surface area contributed by atoms with Crippen LogP contribution >= 0.6 is 11.3 Å². The maximum absolute atomic E-state index is 5.41. The molecule has 0 amide bonds.